The largest absolute Gasteiger partial charge is 0.0873 e. The molecule has 0 fully saturated rings. The minimum absolute atomic E-state index is 0.416. The van der Waals surface area contributed by atoms with Crippen LogP contribution in [0.4, 0.5) is 0 Å². The van der Waals surface area contributed by atoms with Crippen LogP contribution in [0.5, 0.6) is 0 Å². The first-order chi connectivity index (χ1) is 6.68. The van der Waals surface area contributed by atoms with Crippen LogP contribution in [-0.4, -0.2) is 9.49 Å². The Balaban J connectivity index is 3.93. The van der Waals surface area contributed by atoms with Gasteiger partial charge in [-0.15, -0.1) is 0 Å². The predicted molar refractivity (Wildman–Crippen MR) is 77.7 cm³/mol. The van der Waals surface area contributed by atoms with Gasteiger partial charge in [-0.2, -0.15) is 0 Å². The molecule has 0 atom stereocenters. The Morgan fingerprint density at radius 2 is 1.40 bits per heavy atom. The smallest absolute Gasteiger partial charge is 0.0207 e. The summed E-state index contributed by atoms with van der Waals surface area (Å²) in [6.07, 6.45) is 3.90. The molecule has 0 N–H and O–H groups in total. The van der Waals surface area contributed by atoms with Gasteiger partial charge >= 0.3 is 0 Å². The van der Waals surface area contributed by atoms with Gasteiger partial charge in [0.25, 0.3) is 0 Å². The average molecular weight is 249 g/mol. The molecular formula is C13H28S2. The van der Waals surface area contributed by atoms with Crippen molar-refractivity contribution in [2.45, 2.75) is 77.2 Å². The van der Waals surface area contributed by atoms with Crippen molar-refractivity contribution in [3.05, 3.63) is 0 Å². The molecule has 0 rings (SSSR count). The first kappa shape index (κ1) is 15.7. The van der Waals surface area contributed by atoms with Crippen LogP contribution in [0.1, 0.15) is 67.7 Å². The second-order valence-corrected chi connectivity index (χ2v) is 9.52. The lowest BCUT2D eigenvalue weighted by atomic mass is 10.0. The molecule has 0 aliphatic heterocycles. The Morgan fingerprint density at radius 1 is 0.933 bits per heavy atom. The van der Waals surface area contributed by atoms with Crippen molar-refractivity contribution in [3.63, 3.8) is 0 Å². The fourth-order valence-corrected chi connectivity index (χ4v) is 3.69. The third-order valence-corrected chi connectivity index (χ3v) is 7.10. The highest BCUT2D eigenvalue weighted by Gasteiger charge is 2.24. The molecule has 2 heteroatoms. The summed E-state index contributed by atoms with van der Waals surface area (Å²) in [6, 6.07) is 0. The van der Waals surface area contributed by atoms with Gasteiger partial charge in [0.05, 0.1) is 0 Å². The van der Waals surface area contributed by atoms with E-state index in [2.05, 4.69) is 70.1 Å². The molecular weight excluding hydrogens is 220 g/mol. The van der Waals surface area contributed by atoms with Gasteiger partial charge in [-0.3, -0.25) is 0 Å². The summed E-state index contributed by atoms with van der Waals surface area (Å²) in [7, 11) is 4.12. The van der Waals surface area contributed by atoms with E-state index in [1.54, 1.807) is 0 Å². The highest BCUT2D eigenvalue weighted by atomic mass is 33.1. The number of hydrogen-bond donors (Lipinski definition) is 0. The average Bonchev–Trinajstić information content (AvgIpc) is 2.13. The van der Waals surface area contributed by atoms with Crippen LogP contribution in [-0.2, 0) is 0 Å². The zero-order valence-corrected chi connectivity index (χ0v) is 13.1. The Hall–Kier alpha value is 0.700. The molecule has 0 aromatic rings. The molecule has 0 aromatic heterocycles. The van der Waals surface area contributed by atoms with E-state index in [9.17, 15) is 0 Å². The van der Waals surface area contributed by atoms with E-state index in [4.69, 9.17) is 0 Å². The monoisotopic (exact) mass is 248 g/mol. The predicted octanol–water partition coefficient (Wildman–Crippen LogP) is 5.77. The van der Waals surface area contributed by atoms with E-state index >= 15 is 0 Å². The summed E-state index contributed by atoms with van der Waals surface area (Å²) < 4.78 is 0.834. The molecule has 0 amide bonds. The van der Waals surface area contributed by atoms with Crippen molar-refractivity contribution in [1.82, 2.24) is 0 Å². The Morgan fingerprint density at radius 3 is 1.80 bits per heavy atom. The fraction of sp³-hybridized carbons (Fsp3) is 1.00. The molecule has 0 aliphatic rings. The third-order valence-electron chi connectivity index (χ3n) is 2.67. The van der Waals surface area contributed by atoms with Crippen molar-refractivity contribution in [3.8, 4) is 0 Å². The first-order valence-corrected chi connectivity index (χ1v) is 8.20. The molecule has 0 aliphatic carbocycles. The van der Waals surface area contributed by atoms with Gasteiger partial charge in [0, 0.05) is 9.49 Å². The van der Waals surface area contributed by atoms with E-state index in [0.717, 1.165) is 5.92 Å². The van der Waals surface area contributed by atoms with Crippen molar-refractivity contribution in [2.24, 2.45) is 5.92 Å². The van der Waals surface area contributed by atoms with Crippen molar-refractivity contribution in [1.29, 1.82) is 0 Å². The van der Waals surface area contributed by atoms with E-state index < -0.39 is 0 Å². The number of hydrogen-bond acceptors (Lipinski definition) is 2. The molecule has 0 aromatic carbocycles. The molecule has 0 heterocycles. The van der Waals surface area contributed by atoms with E-state index in [1.165, 1.54) is 19.3 Å². The van der Waals surface area contributed by atoms with Gasteiger partial charge in [0.1, 0.15) is 0 Å². The lowest BCUT2D eigenvalue weighted by Crippen LogP contribution is -2.18. The van der Waals surface area contributed by atoms with E-state index in [0.29, 0.717) is 9.49 Å². The van der Waals surface area contributed by atoms with Crippen LogP contribution in [0, 0.1) is 5.92 Å². The fourth-order valence-electron chi connectivity index (χ4n) is 0.962. The van der Waals surface area contributed by atoms with Crippen molar-refractivity contribution < 1.29 is 0 Å². The molecule has 15 heavy (non-hydrogen) atoms. The second-order valence-electron chi connectivity index (χ2n) is 5.97. The van der Waals surface area contributed by atoms with Gasteiger partial charge in [-0.05, 0) is 52.9 Å². The molecule has 0 saturated heterocycles. The summed E-state index contributed by atoms with van der Waals surface area (Å²) in [5, 5.41) is 0. The molecule has 0 bridgehead atoms. The van der Waals surface area contributed by atoms with Crippen LogP contribution >= 0.6 is 21.6 Å². The summed E-state index contributed by atoms with van der Waals surface area (Å²) >= 11 is 0. The van der Waals surface area contributed by atoms with Gasteiger partial charge < -0.3 is 0 Å². The zero-order chi connectivity index (χ0) is 12.1. The minimum Gasteiger partial charge on any atom is -0.0873 e. The maximum atomic E-state index is 2.37. The Kier molecular flexibility index (Phi) is 6.74. The molecule has 0 unspecified atom stereocenters. The Labute approximate surface area is 105 Å². The van der Waals surface area contributed by atoms with Crippen molar-refractivity contribution in [2.75, 3.05) is 0 Å². The van der Waals surface area contributed by atoms with Crippen LogP contribution in [0.2, 0.25) is 0 Å². The molecule has 0 saturated carbocycles. The van der Waals surface area contributed by atoms with Gasteiger partial charge in [0.2, 0.25) is 0 Å². The summed E-state index contributed by atoms with van der Waals surface area (Å²) in [5.74, 6) is 0.828. The first-order valence-electron chi connectivity index (χ1n) is 6.05. The van der Waals surface area contributed by atoms with E-state index in [-0.39, 0.29) is 0 Å². The highest BCUT2D eigenvalue weighted by molar-refractivity contribution is 8.77. The van der Waals surface area contributed by atoms with Gasteiger partial charge in [0.15, 0.2) is 0 Å². The van der Waals surface area contributed by atoms with Gasteiger partial charge in [-0.25, -0.2) is 0 Å². The highest BCUT2D eigenvalue weighted by Crippen LogP contribution is 2.46. The molecule has 0 radical (unpaired) electrons. The van der Waals surface area contributed by atoms with Crippen LogP contribution < -0.4 is 0 Å². The second kappa shape index (κ2) is 6.44. The summed E-state index contributed by atoms with van der Waals surface area (Å²) in [4.78, 5) is 0. The number of rotatable bonds is 7. The maximum Gasteiger partial charge on any atom is 0.0207 e. The maximum absolute atomic E-state index is 2.37. The zero-order valence-electron chi connectivity index (χ0n) is 11.5. The minimum atomic E-state index is 0.416. The molecule has 0 spiro atoms. The quantitative estimate of drug-likeness (QED) is 0.524. The van der Waals surface area contributed by atoms with Crippen molar-refractivity contribution >= 4 is 21.6 Å². The van der Waals surface area contributed by atoms with Gasteiger partial charge in [-0.1, -0.05) is 42.4 Å². The lowest BCUT2D eigenvalue weighted by Gasteiger charge is -2.29. The van der Waals surface area contributed by atoms with E-state index in [1.807, 2.05) is 0 Å². The standard InChI is InChI=1S/C13H28S2/c1-8-12(4,5)14-15-13(6,7)10-9-11(2)3/h11H,8-10H2,1-7H3. The van der Waals surface area contributed by atoms with Crippen LogP contribution in [0.3, 0.4) is 0 Å². The topological polar surface area (TPSA) is 0 Å². The SMILES string of the molecule is CCC(C)(C)SSC(C)(C)CCC(C)C. The summed E-state index contributed by atoms with van der Waals surface area (Å²) in [6.45, 7) is 16.3. The van der Waals surface area contributed by atoms with Crippen LogP contribution in [0.15, 0.2) is 0 Å². The third kappa shape index (κ3) is 8.50. The summed E-state index contributed by atoms with van der Waals surface area (Å²) in [5.41, 5.74) is 0. The lowest BCUT2D eigenvalue weighted by molar-refractivity contribution is 0.503. The normalized spacial score (nSPS) is 13.6. The van der Waals surface area contributed by atoms with Crippen LogP contribution in [0.25, 0.3) is 0 Å². The Bertz CT molecular complexity index is 171. The molecule has 92 valence electrons. The molecule has 0 nitrogen and oxygen atoms in total.